The maximum atomic E-state index is 11.7. The van der Waals surface area contributed by atoms with Gasteiger partial charge in [0.15, 0.2) is 5.89 Å². The van der Waals surface area contributed by atoms with Crippen LogP contribution < -0.4 is 5.32 Å². The molecular formula is C14H15ClN2O2. The van der Waals surface area contributed by atoms with E-state index in [0.717, 1.165) is 11.3 Å². The van der Waals surface area contributed by atoms with Gasteiger partial charge in [0.2, 0.25) is 5.91 Å². The van der Waals surface area contributed by atoms with Crippen molar-refractivity contribution in [3.05, 3.63) is 52.7 Å². The molecule has 0 fully saturated rings. The lowest BCUT2D eigenvalue weighted by molar-refractivity contribution is -0.120. The minimum absolute atomic E-state index is 0.0115. The number of nitrogens with one attached hydrogen (secondary N) is 1. The zero-order valence-corrected chi connectivity index (χ0v) is 11.4. The van der Waals surface area contributed by atoms with E-state index in [1.807, 2.05) is 12.1 Å². The number of amides is 1. The molecule has 0 aliphatic rings. The summed E-state index contributed by atoms with van der Waals surface area (Å²) in [5.41, 5.74) is 1.79. The fourth-order valence-corrected chi connectivity index (χ4v) is 1.83. The number of nitrogens with zero attached hydrogens (tertiary/aromatic N) is 1. The summed E-state index contributed by atoms with van der Waals surface area (Å²) in [6, 6.07) is 7.26. The van der Waals surface area contributed by atoms with E-state index in [1.165, 1.54) is 0 Å². The first-order valence-electron chi connectivity index (χ1n) is 6.05. The summed E-state index contributed by atoms with van der Waals surface area (Å²) < 4.78 is 5.09. The average molecular weight is 279 g/mol. The first kappa shape index (κ1) is 13.6. The molecule has 5 heteroatoms. The molecule has 1 N–H and O–H groups in total. The van der Waals surface area contributed by atoms with Crippen LogP contribution in [0.1, 0.15) is 17.1 Å². The summed E-state index contributed by atoms with van der Waals surface area (Å²) in [7, 11) is 0. The van der Waals surface area contributed by atoms with Gasteiger partial charge in [0.25, 0.3) is 0 Å². The Kier molecular flexibility index (Phi) is 4.58. The minimum atomic E-state index is -0.0115. The van der Waals surface area contributed by atoms with Gasteiger partial charge < -0.3 is 9.73 Å². The maximum Gasteiger partial charge on any atom is 0.224 e. The number of halogens is 1. The highest BCUT2D eigenvalue weighted by Crippen LogP contribution is 2.09. The minimum Gasteiger partial charge on any atom is -0.449 e. The second kappa shape index (κ2) is 6.38. The molecule has 0 radical (unpaired) electrons. The standard InChI is InChI=1S/C14H15ClN2O2/c1-10-17-13(9-19-10)6-7-16-14(18)8-11-2-4-12(15)5-3-11/h2-5,9H,6-8H2,1H3,(H,16,18). The van der Waals surface area contributed by atoms with Gasteiger partial charge in [-0.1, -0.05) is 23.7 Å². The molecule has 0 bridgehead atoms. The zero-order chi connectivity index (χ0) is 13.7. The zero-order valence-electron chi connectivity index (χ0n) is 10.6. The Morgan fingerprint density at radius 2 is 2.11 bits per heavy atom. The summed E-state index contributed by atoms with van der Waals surface area (Å²) in [6.07, 6.45) is 2.64. The molecule has 0 spiro atoms. The van der Waals surface area contributed by atoms with Gasteiger partial charge in [0.1, 0.15) is 6.26 Å². The number of oxazole rings is 1. The molecule has 2 aromatic rings. The first-order valence-corrected chi connectivity index (χ1v) is 6.43. The summed E-state index contributed by atoms with van der Waals surface area (Å²) in [4.78, 5) is 15.9. The lowest BCUT2D eigenvalue weighted by Crippen LogP contribution is -2.27. The monoisotopic (exact) mass is 278 g/mol. The molecule has 1 heterocycles. The van der Waals surface area contributed by atoms with Crippen LogP contribution in [0.15, 0.2) is 34.9 Å². The van der Waals surface area contributed by atoms with Crippen molar-refractivity contribution in [2.45, 2.75) is 19.8 Å². The number of carbonyl (C=O) groups excluding carboxylic acids is 1. The highest BCUT2D eigenvalue weighted by atomic mass is 35.5. The Labute approximate surface area is 116 Å². The van der Waals surface area contributed by atoms with Crippen LogP contribution in [0.5, 0.6) is 0 Å². The van der Waals surface area contributed by atoms with Crippen LogP contribution in [0.2, 0.25) is 5.02 Å². The van der Waals surface area contributed by atoms with Gasteiger partial charge in [-0.15, -0.1) is 0 Å². The molecule has 1 amide bonds. The fraction of sp³-hybridized carbons (Fsp3) is 0.286. The van der Waals surface area contributed by atoms with Crippen molar-refractivity contribution in [2.24, 2.45) is 0 Å². The van der Waals surface area contributed by atoms with E-state index >= 15 is 0 Å². The van der Waals surface area contributed by atoms with Gasteiger partial charge in [-0.25, -0.2) is 4.98 Å². The van der Waals surface area contributed by atoms with Gasteiger partial charge >= 0.3 is 0 Å². The van der Waals surface area contributed by atoms with Gasteiger partial charge in [0.05, 0.1) is 12.1 Å². The average Bonchev–Trinajstić information content (AvgIpc) is 2.78. The molecular weight excluding hydrogens is 264 g/mol. The molecule has 1 aromatic carbocycles. The number of aromatic nitrogens is 1. The summed E-state index contributed by atoms with van der Waals surface area (Å²) in [5, 5.41) is 3.52. The molecule has 0 saturated carbocycles. The number of rotatable bonds is 5. The van der Waals surface area contributed by atoms with Gasteiger partial charge in [-0.05, 0) is 17.7 Å². The second-order valence-electron chi connectivity index (χ2n) is 4.26. The quantitative estimate of drug-likeness (QED) is 0.914. The Morgan fingerprint density at radius 1 is 1.37 bits per heavy atom. The fourth-order valence-electron chi connectivity index (χ4n) is 1.70. The van der Waals surface area contributed by atoms with Gasteiger partial charge in [0, 0.05) is 24.9 Å². The molecule has 0 unspecified atom stereocenters. The predicted octanol–water partition coefficient (Wildman–Crippen LogP) is 2.54. The van der Waals surface area contributed by atoms with Gasteiger partial charge in [-0.2, -0.15) is 0 Å². The van der Waals surface area contributed by atoms with Crippen molar-refractivity contribution in [3.63, 3.8) is 0 Å². The van der Waals surface area contributed by atoms with Crippen LogP contribution in [0, 0.1) is 6.92 Å². The Morgan fingerprint density at radius 3 is 2.74 bits per heavy atom. The van der Waals surface area contributed by atoms with E-state index in [9.17, 15) is 4.79 Å². The van der Waals surface area contributed by atoms with Crippen LogP contribution in [0.4, 0.5) is 0 Å². The first-order chi connectivity index (χ1) is 9.13. The third-order valence-corrected chi connectivity index (χ3v) is 2.90. The lowest BCUT2D eigenvalue weighted by Gasteiger charge is -2.04. The van der Waals surface area contributed by atoms with Crippen molar-refractivity contribution in [1.82, 2.24) is 10.3 Å². The number of hydrogen-bond donors (Lipinski definition) is 1. The largest absolute Gasteiger partial charge is 0.449 e. The Hall–Kier alpha value is -1.81. The van der Waals surface area contributed by atoms with E-state index in [4.69, 9.17) is 16.0 Å². The Balaban J connectivity index is 1.74. The molecule has 0 aliphatic heterocycles. The molecule has 1 aromatic heterocycles. The summed E-state index contributed by atoms with van der Waals surface area (Å²) in [6.45, 7) is 2.35. The lowest BCUT2D eigenvalue weighted by atomic mass is 10.1. The number of carbonyl (C=O) groups is 1. The topological polar surface area (TPSA) is 55.1 Å². The van der Waals surface area contributed by atoms with E-state index in [-0.39, 0.29) is 5.91 Å². The van der Waals surface area contributed by atoms with Crippen LogP contribution in [0.3, 0.4) is 0 Å². The smallest absolute Gasteiger partial charge is 0.224 e. The van der Waals surface area contributed by atoms with E-state index in [1.54, 1.807) is 25.3 Å². The third kappa shape index (κ3) is 4.41. The molecule has 0 atom stereocenters. The normalized spacial score (nSPS) is 10.4. The summed E-state index contributed by atoms with van der Waals surface area (Å²) >= 11 is 5.79. The van der Waals surface area contributed by atoms with Crippen LogP contribution >= 0.6 is 11.6 Å². The second-order valence-corrected chi connectivity index (χ2v) is 4.70. The van der Waals surface area contributed by atoms with Crippen LogP contribution in [0.25, 0.3) is 0 Å². The highest BCUT2D eigenvalue weighted by molar-refractivity contribution is 6.30. The third-order valence-electron chi connectivity index (χ3n) is 2.65. The highest BCUT2D eigenvalue weighted by Gasteiger charge is 2.04. The van der Waals surface area contributed by atoms with Crippen molar-refractivity contribution in [2.75, 3.05) is 6.54 Å². The molecule has 0 aliphatic carbocycles. The van der Waals surface area contributed by atoms with Crippen molar-refractivity contribution >= 4 is 17.5 Å². The summed E-state index contributed by atoms with van der Waals surface area (Å²) in [5.74, 6) is 0.630. The van der Waals surface area contributed by atoms with E-state index < -0.39 is 0 Å². The SMILES string of the molecule is Cc1nc(CCNC(=O)Cc2ccc(Cl)cc2)co1. The molecule has 0 saturated heterocycles. The molecule has 19 heavy (non-hydrogen) atoms. The number of benzene rings is 1. The number of hydrogen-bond acceptors (Lipinski definition) is 3. The van der Waals surface area contributed by atoms with Crippen molar-refractivity contribution in [1.29, 1.82) is 0 Å². The molecule has 2 rings (SSSR count). The van der Waals surface area contributed by atoms with Crippen molar-refractivity contribution in [3.8, 4) is 0 Å². The van der Waals surface area contributed by atoms with Crippen LogP contribution in [-0.2, 0) is 17.6 Å². The molecule has 4 nitrogen and oxygen atoms in total. The predicted molar refractivity (Wildman–Crippen MR) is 73.1 cm³/mol. The Bertz CT molecular complexity index is 549. The van der Waals surface area contributed by atoms with E-state index in [2.05, 4.69) is 10.3 Å². The maximum absolute atomic E-state index is 11.7. The van der Waals surface area contributed by atoms with E-state index in [0.29, 0.717) is 30.3 Å². The number of aryl methyl sites for hydroxylation is 1. The van der Waals surface area contributed by atoms with Crippen LogP contribution in [-0.4, -0.2) is 17.4 Å². The van der Waals surface area contributed by atoms with Crippen molar-refractivity contribution < 1.29 is 9.21 Å². The molecule has 100 valence electrons. The van der Waals surface area contributed by atoms with Gasteiger partial charge in [-0.3, -0.25) is 4.79 Å².